The van der Waals surface area contributed by atoms with E-state index < -0.39 is 25.0 Å². The van der Waals surface area contributed by atoms with E-state index in [4.69, 9.17) is 5.73 Å². The summed E-state index contributed by atoms with van der Waals surface area (Å²) >= 11 is 0. The van der Waals surface area contributed by atoms with Crippen LogP contribution in [0.4, 0.5) is 11.4 Å². The molecule has 0 radical (unpaired) electrons. The highest BCUT2D eigenvalue weighted by Gasteiger charge is 2.25. The number of nitrogen functional groups attached to an aromatic ring is 1. The van der Waals surface area contributed by atoms with Crippen LogP contribution in [0.2, 0.25) is 0 Å². The highest BCUT2D eigenvalue weighted by atomic mass is 32.2. The minimum Gasteiger partial charge on any atom is -0.399 e. The number of nitrogens with two attached hydrogens (primary N) is 1. The van der Waals surface area contributed by atoms with Crippen LogP contribution in [0.25, 0.3) is 0 Å². The predicted molar refractivity (Wildman–Crippen MR) is 124 cm³/mol. The van der Waals surface area contributed by atoms with Crippen molar-refractivity contribution in [3.8, 4) is 0 Å². The first-order chi connectivity index (χ1) is 14.6. The van der Waals surface area contributed by atoms with Crippen LogP contribution in [0.1, 0.15) is 27.7 Å². The quantitative estimate of drug-likeness (QED) is 0.360. The van der Waals surface area contributed by atoms with Gasteiger partial charge in [0.1, 0.15) is 0 Å². The van der Waals surface area contributed by atoms with Gasteiger partial charge in [-0.2, -0.15) is 8.61 Å². The molecule has 2 aromatic carbocycles. The maximum absolute atomic E-state index is 12.1. The molecule has 0 spiro atoms. The number of nitro benzene ring substituents is 1. The van der Waals surface area contributed by atoms with Crippen LogP contribution in [-0.4, -0.2) is 56.5 Å². The van der Waals surface area contributed by atoms with Gasteiger partial charge in [-0.1, -0.05) is 12.1 Å². The number of rotatable bonds is 7. The first-order valence-electron chi connectivity index (χ1n) is 9.68. The second kappa shape index (κ2) is 10.9. The molecule has 178 valence electrons. The molecule has 10 nitrogen and oxygen atoms in total. The molecule has 12 heteroatoms. The van der Waals surface area contributed by atoms with E-state index >= 15 is 0 Å². The number of nitro groups is 1. The first-order valence-corrected chi connectivity index (χ1v) is 12.6. The molecule has 0 aliphatic rings. The van der Waals surface area contributed by atoms with E-state index in [1.165, 1.54) is 39.9 Å². The molecule has 0 amide bonds. The van der Waals surface area contributed by atoms with E-state index in [0.29, 0.717) is 5.69 Å². The second-order valence-corrected chi connectivity index (χ2v) is 11.6. The van der Waals surface area contributed by atoms with Crippen molar-refractivity contribution in [2.24, 2.45) is 0 Å². The summed E-state index contributed by atoms with van der Waals surface area (Å²) in [7, 11) is -4.07. The van der Waals surface area contributed by atoms with Crippen LogP contribution in [0.15, 0.2) is 58.3 Å². The fraction of sp³-hybridized carbons (Fsp3) is 0.400. The van der Waals surface area contributed by atoms with Crippen LogP contribution in [0.3, 0.4) is 0 Å². The predicted octanol–water partition coefficient (Wildman–Crippen LogP) is 2.92. The van der Waals surface area contributed by atoms with Gasteiger partial charge in [-0.3, -0.25) is 10.1 Å². The first kappa shape index (κ1) is 27.5. The highest BCUT2D eigenvalue weighted by Crippen LogP contribution is 2.21. The van der Waals surface area contributed by atoms with Crippen molar-refractivity contribution < 1.29 is 21.8 Å². The lowest BCUT2D eigenvalue weighted by Gasteiger charge is -2.20. The maximum Gasteiger partial charge on any atom is 0.270 e. The summed E-state index contributed by atoms with van der Waals surface area (Å²) in [6.45, 7) is 7.11. The Morgan fingerprint density at radius 2 is 1.22 bits per heavy atom. The van der Waals surface area contributed by atoms with Gasteiger partial charge in [0.15, 0.2) is 0 Å². The van der Waals surface area contributed by atoms with Crippen molar-refractivity contribution in [2.45, 2.75) is 49.6 Å². The van der Waals surface area contributed by atoms with Gasteiger partial charge < -0.3 is 5.73 Å². The van der Waals surface area contributed by atoms with Gasteiger partial charge >= 0.3 is 0 Å². The molecule has 0 bridgehead atoms. The van der Waals surface area contributed by atoms with Crippen LogP contribution in [0.5, 0.6) is 0 Å². The van der Waals surface area contributed by atoms with Gasteiger partial charge in [-0.05, 0) is 52.0 Å². The van der Waals surface area contributed by atoms with Gasteiger partial charge in [-0.25, -0.2) is 16.8 Å². The third-order valence-corrected chi connectivity index (χ3v) is 8.75. The molecular formula is C20H30N4O6S2. The summed E-state index contributed by atoms with van der Waals surface area (Å²) in [4.78, 5) is 10.1. The zero-order valence-electron chi connectivity index (χ0n) is 19.0. The number of hydrogen-bond donors (Lipinski definition) is 1. The molecule has 0 unspecified atom stereocenters. The Kier molecular flexibility index (Phi) is 9.33. The Balaban J connectivity index is 0.000000323. The Labute approximate surface area is 189 Å². The molecule has 0 saturated carbocycles. The van der Waals surface area contributed by atoms with Crippen molar-refractivity contribution in [3.63, 3.8) is 0 Å². The monoisotopic (exact) mass is 486 g/mol. The number of benzene rings is 2. The van der Waals surface area contributed by atoms with Crippen molar-refractivity contribution in [1.29, 1.82) is 0 Å². The number of sulfonamides is 2. The summed E-state index contributed by atoms with van der Waals surface area (Å²) in [5.41, 5.74) is 5.77. The van der Waals surface area contributed by atoms with Gasteiger partial charge in [0.2, 0.25) is 20.0 Å². The van der Waals surface area contributed by atoms with E-state index in [1.54, 1.807) is 39.1 Å². The van der Waals surface area contributed by atoms with Crippen molar-refractivity contribution in [3.05, 3.63) is 58.6 Å². The molecule has 32 heavy (non-hydrogen) atoms. The van der Waals surface area contributed by atoms with Gasteiger partial charge in [0.25, 0.3) is 5.69 Å². The van der Waals surface area contributed by atoms with Crippen LogP contribution in [0, 0.1) is 10.1 Å². The average molecular weight is 487 g/mol. The van der Waals surface area contributed by atoms with E-state index in [1.807, 2.05) is 13.8 Å². The minimum absolute atomic E-state index is 0.0668. The Morgan fingerprint density at radius 1 is 0.812 bits per heavy atom. The second-order valence-electron chi connectivity index (χ2n) is 7.56. The van der Waals surface area contributed by atoms with Crippen molar-refractivity contribution in [1.82, 2.24) is 8.61 Å². The van der Waals surface area contributed by atoms with Gasteiger partial charge in [0, 0.05) is 44.0 Å². The highest BCUT2D eigenvalue weighted by molar-refractivity contribution is 7.89. The van der Waals surface area contributed by atoms with Gasteiger partial charge in [-0.15, -0.1) is 0 Å². The van der Waals surface area contributed by atoms with E-state index in [9.17, 15) is 26.9 Å². The molecular weight excluding hydrogens is 456 g/mol. The third-order valence-electron chi connectivity index (χ3n) is 4.69. The fourth-order valence-corrected chi connectivity index (χ4v) is 5.15. The molecule has 0 aromatic heterocycles. The summed E-state index contributed by atoms with van der Waals surface area (Å²) < 4.78 is 50.6. The molecule has 2 aromatic rings. The largest absolute Gasteiger partial charge is 0.399 e. The number of non-ortho nitro benzene ring substituents is 1. The minimum atomic E-state index is -3.67. The summed E-state index contributed by atoms with van der Waals surface area (Å²) in [6, 6.07) is 11.1. The molecule has 0 aliphatic carbocycles. The van der Waals surface area contributed by atoms with Crippen LogP contribution < -0.4 is 5.73 Å². The smallest absolute Gasteiger partial charge is 0.270 e. The van der Waals surface area contributed by atoms with Crippen molar-refractivity contribution >= 4 is 31.4 Å². The third kappa shape index (κ3) is 6.73. The number of nitrogens with zero attached hydrogens (tertiary/aromatic N) is 3. The summed E-state index contributed by atoms with van der Waals surface area (Å²) in [6.07, 6.45) is 0. The SMILES string of the molecule is CC(C)N(C)S(=O)(=O)c1cccc(N)c1.CC(C)N(C)S(=O)(=O)c1cccc([N+](=O)[O-])c1. The molecule has 0 atom stereocenters. The zero-order valence-corrected chi connectivity index (χ0v) is 20.6. The standard InChI is InChI=1S/C10H14N2O4S.C10H16N2O2S/c1-8(2)11(3)17(15,16)10-6-4-5-9(7-10)12(13)14;1-8(2)12(3)15(13,14)10-6-4-5-9(11)7-10/h4-8H,1-3H3;4-8H,11H2,1-3H3. The normalized spacial score (nSPS) is 12.2. The topological polar surface area (TPSA) is 144 Å². The van der Waals surface area contributed by atoms with Crippen molar-refractivity contribution in [2.75, 3.05) is 19.8 Å². The lowest BCUT2D eigenvalue weighted by atomic mass is 10.3. The van der Waals surface area contributed by atoms with Crippen LogP contribution in [-0.2, 0) is 20.0 Å². The molecule has 2 rings (SSSR count). The molecule has 0 saturated heterocycles. The van der Waals surface area contributed by atoms with Gasteiger partial charge in [0.05, 0.1) is 14.7 Å². The maximum atomic E-state index is 12.1. The fourth-order valence-electron chi connectivity index (χ4n) is 2.32. The number of anilines is 1. The summed E-state index contributed by atoms with van der Waals surface area (Å²) in [5, 5.41) is 10.6. The van der Waals surface area contributed by atoms with E-state index in [0.717, 1.165) is 6.07 Å². The molecule has 0 aliphatic heterocycles. The van der Waals surface area contributed by atoms with E-state index in [-0.39, 0.29) is 27.6 Å². The average Bonchev–Trinajstić information content (AvgIpc) is 2.72. The molecule has 2 N–H and O–H groups in total. The Morgan fingerprint density at radius 3 is 1.59 bits per heavy atom. The summed E-state index contributed by atoms with van der Waals surface area (Å²) in [5.74, 6) is 0. The Hall–Kier alpha value is -2.54. The van der Waals surface area contributed by atoms with Crippen LogP contribution >= 0.6 is 0 Å². The number of hydrogen-bond acceptors (Lipinski definition) is 7. The Bertz CT molecular complexity index is 1150. The zero-order chi connectivity index (χ0) is 24.9. The molecule has 0 fully saturated rings. The van der Waals surface area contributed by atoms with E-state index in [2.05, 4.69) is 0 Å². The lowest BCUT2D eigenvalue weighted by molar-refractivity contribution is -0.385. The lowest BCUT2D eigenvalue weighted by Crippen LogP contribution is -2.33. The molecule has 0 heterocycles.